The topological polar surface area (TPSA) is 12.0 Å². The van der Waals surface area contributed by atoms with Crippen LogP contribution in [-0.4, -0.2) is 12.4 Å². The van der Waals surface area contributed by atoms with E-state index in [1.54, 1.807) is 0 Å². The Morgan fingerprint density at radius 1 is 1.06 bits per heavy atom. The Balaban J connectivity index is 1.74. The molecular formula is C15H22ClN. The van der Waals surface area contributed by atoms with Gasteiger partial charge in [0.2, 0.25) is 0 Å². The van der Waals surface area contributed by atoms with E-state index in [1.807, 2.05) is 0 Å². The minimum atomic E-state index is 0.730. The van der Waals surface area contributed by atoms with E-state index in [2.05, 4.69) is 35.6 Å². The van der Waals surface area contributed by atoms with Crippen molar-refractivity contribution < 1.29 is 0 Å². The van der Waals surface area contributed by atoms with Gasteiger partial charge in [-0.3, -0.25) is 0 Å². The molecule has 17 heavy (non-hydrogen) atoms. The molecule has 1 aromatic carbocycles. The molecule has 0 amide bonds. The zero-order valence-corrected chi connectivity index (χ0v) is 11.1. The van der Waals surface area contributed by atoms with E-state index >= 15 is 0 Å². The van der Waals surface area contributed by atoms with Crippen molar-refractivity contribution in [1.29, 1.82) is 0 Å². The van der Waals surface area contributed by atoms with Crippen molar-refractivity contribution in [3.8, 4) is 0 Å². The van der Waals surface area contributed by atoms with Crippen molar-refractivity contribution >= 4 is 11.6 Å². The molecule has 0 aromatic heterocycles. The monoisotopic (exact) mass is 251 g/mol. The Morgan fingerprint density at radius 3 is 2.47 bits per heavy atom. The number of benzene rings is 1. The molecule has 1 nitrogen and oxygen atoms in total. The third-order valence-corrected chi connectivity index (χ3v) is 4.24. The predicted octanol–water partition coefficient (Wildman–Crippen LogP) is 3.82. The molecule has 0 heterocycles. The highest BCUT2D eigenvalue weighted by Gasteiger charge is 2.23. The van der Waals surface area contributed by atoms with Gasteiger partial charge in [0.15, 0.2) is 0 Å². The van der Waals surface area contributed by atoms with Crippen LogP contribution in [0.25, 0.3) is 0 Å². The van der Waals surface area contributed by atoms with Gasteiger partial charge in [0.25, 0.3) is 0 Å². The molecule has 1 fully saturated rings. The van der Waals surface area contributed by atoms with Gasteiger partial charge in [-0.2, -0.15) is 0 Å². The van der Waals surface area contributed by atoms with Crippen LogP contribution in [0.1, 0.15) is 31.2 Å². The summed E-state index contributed by atoms with van der Waals surface area (Å²) in [5.74, 6) is 2.34. The molecule has 0 bridgehead atoms. The second-order valence-corrected chi connectivity index (χ2v) is 5.38. The molecule has 2 rings (SSSR count). The highest BCUT2D eigenvalue weighted by Crippen LogP contribution is 2.30. The van der Waals surface area contributed by atoms with Crippen molar-refractivity contribution in [2.75, 3.05) is 12.4 Å². The lowest BCUT2D eigenvalue weighted by Gasteiger charge is -2.30. The smallest absolute Gasteiger partial charge is 0.0254 e. The molecule has 2 atom stereocenters. The first kappa shape index (κ1) is 12.9. The molecule has 0 radical (unpaired) electrons. The molecule has 1 N–H and O–H groups in total. The van der Waals surface area contributed by atoms with E-state index in [1.165, 1.54) is 31.2 Å². The summed E-state index contributed by atoms with van der Waals surface area (Å²) in [4.78, 5) is 0. The van der Waals surface area contributed by atoms with Crippen molar-refractivity contribution in [2.24, 2.45) is 11.8 Å². The van der Waals surface area contributed by atoms with E-state index in [0.29, 0.717) is 0 Å². The second kappa shape index (κ2) is 7.03. The first-order valence-corrected chi connectivity index (χ1v) is 7.24. The van der Waals surface area contributed by atoms with Gasteiger partial charge in [0, 0.05) is 12.4 Å². The first-order chi connectivity index (χ1) is 8.40. The number of halogens is 1. The molecule has 1 saturated carbocycles. The van der Waals surface area contributed by atoms with E-state index in [9.17, 15) is 0 Å². The third kappa shape index (κ3) is 4.01. The van der Waals surface area contributed by atoms with Crippen LogP contribution in [0, 0.1) is 11.8 Å². The van der Waals surface area contributed by atoms with Gasteiger partial charge in [0.05, 0.1) is 0 Å². The van der Waals surface area contributed by atoms with Crippen LogP contribution >= 0.6 is 11.6 Å². The fourth-order valence-electron chi connectivity index (χ4n) is 2.75. The maximum Gasteiger partial charge on any atom is 0.0254 e. The zero-order chi connectivity index (χ0) is 11.9. The normalized spacial score (nSPS) is 24.8. The molecule has 0 aliphatic heterocycles. The van der Waals surface area contributed by atoms with Crippen LogP contribution in [0.5, 0.6) is 0 Å². The summed E-state index contributed by atoms with van der Waals surface area (Å²) in [7, 11) is 0. The molecule has 1 aliphatic rings. The number of alkyl halides is 1. The highest BCUT2D eigenvalue weighted by molar-refractivity contribution is 6.18. The number of hydrogen-bond acceptors (Lipinski definition) is 1. The summed E-state index contributed by atoms with van der Waals surface area (Å²) in [6.45, 7) is 2.10. The Kier molecular flexibility index (Phi) is 5.34. The lowest BCUT2D eigenvalue weighted by atomic mass is 9.80. The lowest BCUT2D eigenvalue weighted by Crippen LogP contribution is -2.31. The standard InChI is InChI=1S/C15H22ClN/c16-10-14-8-4-5-9-15(14)12-17-11-13-6-2-1-3-7-13/h1-3,6-7,14-15,17H,4-5,8-12H2. The molecule has 0 saturated heterocycles. The number of hydrogen-bond donors (Lipinski definition) is 1. The highest BCUT2D eigenvalue weighted by atomic mass is 35.5. The van der Waals surface area contributed by atoms with Gasteiger partial charge >= 0.3 is 0 Å². The summed E-state index contributed by atoms with van der Waals surface area (Å²) in [5, 5.41) is 3.58. The predicted molar refractivity (Wildman–Crippen MR) is 74.3 cm³/mol. The minimum absolute atomic E-state index is 0.730. The van der Waals surface area contributed by atoms with E-state index in [0.717, 1.165) is 30.8 Å². The van der Waals surface area contributed by atoms with Gasteiger partial charge in [-0.25, -0.2) is 0 Å². The molecular weight excluding hydrogens is 230 g/mol. The Hall–Kier alpha value is -0.530. The molecule has 1 aliphatic carbocycles. The largest absolute Gasteiger partial charge is 0.312 e. The summed E-state index contributed by atoms with van der Waals surface area (Å²) in [6.07, 6.45) is 5.41. The van der Waals surface area contributed by atoms with Crippen LogP contribution in [0.2, 0.25) is 0 Å². The minimum Gasteiger partial charge on any atom is -0.312 e. The number of rotatable bonds is 5. The third-order valence-electron chi connectivity index (χ3n) is 3.84. The average molecular weight is 252 g/mol. The Labute approximate surface area is 110 Å². The fraction of sp³-hybridized carbons (Fsp3) is 0.600. The molecule has 1 aromatic rings. The van der Waals surface area contributed by atoms with Crippen molar-refractivity contribution in [3.63, 3.8) is 0 Å². The lowest BCUT2D eigenvalue weighted by molar-refractivity contribution is 0.250. The fourth-order valence-corrected chi connectivity index (χ4v) is 3.16. The maximum atomic E-state index is 6.04. The van der Waals surface area contributed by atoms with Crippen LogP contribution in [-0.2, 0) is 6.54 Å². The van der Waals surface area contributed by atoms with Crippen molar-refractivity contribution in [2.45, 2.75) is 32.2 Å². The van der Waals surface area contributed by atoms with E-state index in [-0.39, 0.29) is 0 Å². The number of nitrogens with one attached hydrogen (secondary N) is 1. The Bertz CT molecular complexity index is 312. The zero-order valence-electron chi connectivity index (χ0n) is 10.4. The van der Waals surface area contributed by atoms with E-state index < -0.39 is 0 Å². The van der Waals surface area contributed by atoms with Gasteiger partial charge in [0.1, 0.15) is 0 Å². The molecule has 94 valence electrons. The van der Waals surface area contributed by atoms with Gasteiger partial charge in [-0.1, -0.05) is 43.2 Å². The van der Waals surface area contributed by atoms with Crippen molar-refractivity contribution in [1.82, 2.24) is 5.32 Å². The quantitative estimate of drug-likeness (QED) is 0.785. The van der Waals surface area contributed by atoms with Crippen LogP contribution in [0.4, 0.5) is 0 Å². The molecule has 0 spiro atoms. The Morgan fingerprint density at radius 2 is 1.76 bits per heavy atom. The van der Waals surface area contributed by atoms with Crippen LogP contribution < -0.4 is 5.32 Å². The summed E-state index contributed by atoms with van der Waals surface area (Å²) in [5.41, 5.74) is 1.37. The summed E-state index contributed by atoms with van der Waals surface area (Å²) < 4.78 is 0. The van der Waals surface area contributed by atoms with E-state index in [4.69, 9.17) is 11.6 Å². The molecule has 2 unspecified atom stereocenters. The van der Waals surface area contributed by atoms with Crippen molar-refractivity contribution in [3.05, 3.63) is 35.9 Å². The molecule has 2 heteroatoms. The summed E-state index contributed by atoms with van der Waals surface area (Å²) >= 11 is 6.04. The SMILES string of the molecule is ClCC1CCCCC1CNCc1ccccc1. The summed E-state index contributed by atoms with van der Waals surface area (Å²) in [6, 6.07) is 10.6. The maximum absolute atomic E-state index is 6.04. The van der Waals surface area contributed by atoms with Gasteiger partial charge in [-0.15, -0.1) is 11.6 Å². The first-order valence-electron chi connectivity index (χ1n) is 6.70. The second-order valence-electron chi connectivity index (χ2n) is 5.08. The van der Waals surface area contributed by atoms with Crippen LogP contribution in [0.3, 0.4) is 0 Å². The average Bonchev–Trinajstić information content (AvgIpc) is 2.40. The van der Waals surface area contributed by atoms with Gasteiger partial charge in [-0.05, 0) is 36.8 Å². The van der Waals surface area contributed by atoms with Crippen LogP contribution in [0.15, 0.2) is 30.3 Å². The van der Waals surface area contributed by atoms with Gasteiger partial charge < -0.3 is 5.32 Å².